The lowest BCUT2D eigenvalue weighted by Gasteiger charge is -2.18. The second-order valence-corrected chi connectivity index (χ2v) is 3.26. The summed E-state index contributed by atoms with van der Waals surface area (Å²) in [4.78, 5) is 20.6. The molecule has 6 heteroatoms. The highest BCUT2D eigenvalue weighted by molar-refractivity contribution is 5.87. The van der Waals surface area contributed by atoms with E-state index in [1.807, 2.05) is 0 Å². The molecule has 1 aromatic heterocycles. The number of nitrogens with two attached hydrogens (primary N) is 1. The van der Waals surface area contributed by atoms with Crippen LogP contribution in [0.5, 0.6) is 5.88 Å². The Balaban J connectivity index is 2.49. The highest BCUT2D eigenvalue weighted by Crippen LogP contribution is 2.12. The van der Waals surface area contributed by atoms with Gasteiger partial charge in [-0.2, -0.15) is 0 Å². The van der Waals surface area contributed by atoms with Crippen molar-refractivity contribution in [3.63, 3.8) is 0 Å². The third-order valence-electron chi connectivity index (χ3n) is 2.06. The fraction of sp³-hybridized carbons (Fsp3) is 0.250. The first-order valence-electron chi connectivity index (χ1n) is 5.23. The van der Waals surface area contributed by atoms with E-state index in [-0.39, 0.29) is 30.8 Å². The summed E-state index contributed by atoms with van der Waals surface area (Å²) >= 11 is 0. The van der Waals surface area contributed by atoms with Crippen LogP contribution in [0.1, 0.15) is 0 Å². The number of amides is 1. The second-order valence-electron chi connectivity index (χ2n) is 3.26. The average molecular weight is 246 g/mol. The lowest BCUT2D eigenvalue weighted by molar-refractivity contribution is -0.125. The van der Waals surface area contributed by atoms with Gasteiger partial charge in [0.1, 0.15) is 6.61 Å². The summed E-state index contributed by atoms with van der Waals surface area (Å²) in [6, 6.07) is 0. The van der Waals surface area contributed by atoms with Crippen molar-refractivity contribution in [3.05, 3.63) is 25.0 Å². The SMILES string of the molecule is C#CCN(CCOc1nccnc1N)C(=O)C=C. The van der Waals surface area contributed by atoms with Crippen molar-refractivity contribution < 1.29 is 9.53 Å². The van der Waals surface area contributed by atoms with Crippen LogP contribution in [-0.2, 0) is 4.79 Å². The zero-order chi connectivity index (χ0) is 13.4. The van der Waals surface area contributed by atoms with Crippen LogP contribution >= 0.6 is 0 Å². The van der Waals surface area contributed by atoms with Crippen LogP contribution in [0.2, 0.25) is 0 Å². The number of rotatable bonds is 6. The Morgan fingerprint density at radius 2 is 2.33 bits per heavy atom. The molecule has 0 unspecified atom stereocenters. The molecule has 0 aromatic carbocycles. The summed E-state index contributed by atoms with van der Waals surface area (Å²) in [6.45, 7) is 4.15. The fourth-order valence-corrected chi connectivity index (χ4v) is 1.21. The van der Waals surface area contributed by atoms with E-state index in [0.717, 1.165) is 0 Å². The molecule has 1 heterocycles. The van der Waals surface area contributed by atoms with Crippen molar-refractivity contribution in [1.82, 2.24) is 14.9 Å². The second kappa shape index (κ2) is 6.91. The van der Waals surface area contributed by atoms with E-state index in [1.54, 1.807) is 0 Å². The Morgan fingerprint density at radius 1 is 1.61 bits per heavy atom. The normalized spacial score (nSPS) is 9.28. The summed E-state index contributed by atoms with van der Waals surface area (Å²) in [5, 5.41) is 0. The summed E-state index contributed by atoms with van der Waals surface area (Å²) in [6.07, 6.45) is 9.31. The van der Waals surface area contributed by atoms with E-state index >= 15 is 0 Å². The Morgan fingerprint density at radius 3 is 2.94 bits per heavy atom. The molecule has 1 aromatic rings. The average Bonchev–Trinajstić information content (AvgIpc) is 2.39. The first-order valence-corrected chi connectivity index (χ1v) is 5.23. The number of hydrogen-bond donors (Lipinski definition) is 1. The molecule has 0 spiro atoms. The van der Waals surface area contributed by atoms with Gasteiger partial charge in [-0.3, -0.25) is 4.79 Å². The van der Waals surface area contributed by atoms with Crippen molar-refractivity contribution in [2.75, 3.05) is 25.4 Å². The molecule has 1 rings (SSSR count). The first kappa shape index (κ1) is 13.5. The van der Waals surface area contributed by atoms with Gasteiger partial charge in [0.2, 0.25) is 5.91 Å². The Labute approximate surface area is 105 Å². The Kier molecular flexibility index (Phi) is 5.19. The van der Waals surface area contributed by atoms with Gasteiger partial charge < -0.3 is 15.4 Å². The van der Waals surface area contributed by atoms with Gasteiger partial charge in [-0.15, -0.1) is 6.42 Å². The van der Waals surface area contributed by atoms with Gasteiger partial charge in [0.15, 0.2) is 5.82 Å². The van der Waals surface area contributed by atoms with Crippen molar-refractivity contribution in [2.24, 2.45) is 0 Å². The van der Waals surface area contributed by atoms with E-state index in [0.29, 0.717) is 6.54 Å². The van der Waals surface area contributed by atoms with E-state index in [2.05, 4.69) is 22.5 Å². The van der Waals surface area contributed by atoms with Gasteiger partial charge >= 0.3 is 0 Å². The zero-order valence-corrected chi connectivity index (χ0v) is 9.87. The van der Waals surface area contributed by atoms with Gasteiger partial charge in [0.05, 0.1) is 13.1 Å². The number of nitrogen functional groups attached to an aromatic ring is 1. The standard InChI is InChI=1S/C12H14N4O2/c1-3-7-16(10(17)4-2)8-9-18-12-11(13)14-5-6-15-12/h1,4-6H,2,7-9H2,(H2,13,14). The predicted molar refractivity (Wildman–Crippen MR) is 67.5 cm³/mol. The fourth-order valence-electron chi connectivity index (χ4n) is 1.21. The molecule has 0 aliphatic carbocycles. The molecule has 0 fully saturated rings. The van der Waals surface area contributed by atoms with Crippen LogP contribution in [0, 0.1) is 12.3 Å². The quantitative estimate of drug-likeness (QED) is 0.568. The van der Waals surface area contributed by atoms with Gasteiger partial charge in [-0.05, 0) is 6.08 Å². The smallest absolute Gasteiger partial charge is 0.257 e. The molecule has 0 aliphatic rings. The van der Waals surface area contributed by atoms with Crippen LogP contribution in [0.15, 0.2) is 25.0 Å². The maximum atomic E-state index is 11.4. The molecule has 18 heavy (non-hydrogen) atoms. The van der Waals surface area contributed by atoms with Crippen molar-refractivity contribution >= 4 is 11.7 Å². The third-order valence-corrected chi connectivity index (χ3v) is 2.06. The molecule has 0 bridgehead atoms. The van der Waals surface area contributed by atoms with Crippen molar-refractivity contribution in [2.45, 2.75) is 0 Å². The van der Waals surface area contributed by atoms with Gasteiger partial charge in [0.25, 0.3) is 5.88 Å². The molecule has 6 nitrogen and oxygen atoms in total. The van der Waals surface area contributed by atoms with E-state index < -0.39 is 0 Å². The molecule has 0 saturated carbocycles. The predicted octanol–water partition coefficient (Wildman–Crippen LogP) is 0.0854. The van der Waals surface area contributed by atoms with E-state index in [9.17, 15) is 4.79 Å². The van der Waals surface area contributed by atoms with E-state index in [1.165, 1.54) is 23.4 Å². The van der Waals surface area contributed by atoms with Gasteiger partial charge in [-0.25, -0.2) is 9.97 Å². The minimum Gasteiger partial charge on any atom is -0.473 e. The van der Waals surface area contributed by atoms with Gasteiger partial charge in [-0.1, -0.05) is 12.5 Å². The molecule has 94 valence electrons. The molecule has 2 N–H and O–H groups in total. The highest BCUT2D eigenvalue weighted by Gasteiger charge is 2.09. The molecule has 1 amide bonds. The number of hydrogen-bond acceptors (Lipinski definition) is 5. The molecular weight excluding hydrogens is 232 g/mol. The lowest BCUT2D eigenvalue weighted by Crippen LogP contribution is -2.33. The summed E-state index contributed by atoms with van der Waals surface area (Å²) < 4.78 is 5.31. The van der Waals surface area contributed by atoms with E-state index in [4.69, 9.17) is 16.9 Å². The van der Waals surface area contributed by atoms with Crippen LogP contribution in [0.25, 0.3) is 0 Å². The number of anilines is 1. The lowest BCUT2D eigenvalue weighted by atomic mass is 10.4. The van der Waals surface area contributed by atoms with Crippen LogP contribution in [0.4, 0.5) is 5.82 Å². The van der Waals surface area contributed by atoms with Crippen LogP contribution in [-0.4, -0.2) is 40.5 Å². The third kappa shape index (κ3) is 3.79. The summed E-state index contributed by atoms with van der Waals surface area (Å²) in [5.74, 6) is 2.59. The minimum absolute atomic E-state index is 0.199. The molecule has 0 radical (unpaired) electrons. The molecule has 0 atom stereocenters. The monoisotopic (exact) mass is 246 g/mol. The number of terminal acetylenes is 1. The van der Waals surface area contributed by atoms with Crippen molar-refractivity contribution in [3.8, 4) is 18.2 Å². The summed E-state index contributed by atoms with van der Waals surface area (Å²) in [5.41, 5.74) is 5.55. The molecule has 0 aliphatic heterocycles. The van der Waals surface area contributed by atoms with Crippen LogP contribution < -0.4 is 10.5 Å². The maximum Gasteiger partial charge on any atom is 0.257 e. The number of carbonyl (C=O) groups excluding carboxylic acids is 1. The van der Waals surface area contributed by atoms with Crippen LogP contribution in [0.3, 0.4) is 0 Å². The number of ether oxygens (including phenoxy) is 1. The number of nitrogens with zero attached hydrogens (tertiary/aromatic N) is 3. The Hall–Kier alpha value is -2.55. The van der Waals surface area contributed by atoms with Crippen molar-refractivity contribution in [1.29, 1.82) is 0 Å². The van der Waals surface area contributed by atoms with Gasteiger partial charge in [0, 0.05) is 12.4 Å². The summed E-state index contributed by atoms with van der Waals surface area (Å²) in [7, 11) is 0. The molecule has 0 saturated heterocycles. The first-order chi connectivity index (χ1) is 8.69. The zero-order valence-electron chi connectivity index (χ0n) is 9.87. The highest BCUT2D eigenvalue weighted by atomic mass is 16.5. The largest absolute Gasteiger partial charge is 0.473 e. The number of aromatic nitrogens is 2. The maximum absolute atomic E-state index is 11.4. The number of carbonyl (C=O) groups is 1. The minimum atomic E-state index is -0.247. The topological polar surface area (TPSA) is 81.3 Å². The molecular formula is C12H14N4O2. The Bertz CT molecular complexity index is 467.